The first kappa shape index (κ1) is 19.3. The van der Waals surface area contributed by atoms with E-state index in [1.165, 1.54) is 6.33 Å². The topological polar surface area (TPSA) is 119 Å². The minimum absolute atomic E-state index is 0.00483. The van der Waals surface area contributed by atoms with Crippen LogP contribution >= 0.6 is 11.6 Å². The van der Waals surface area contributed by atoms with Gasteiger partial charge in [0.2, 0.25) is 5.28 Å². The summed E-state index contributed by atoms with van der Waals surface area (Å²) in [6.07, 6.45) is 8.10. The number of nitrogen functional groups attached to an aromatic ring is 1. The molecule has 0 spiro atoms. The highest BCUT2D eigenvalue weighted by atomic mass is 35.5. The van der Waals surface area contributed by atoms with Crippen LogP contribution in [-0.4, -0.2) is 51.1 Å². The van der Waals surface area contributed by atoms with Crippen LogP contribution in [0.5, 0.6) is 5.75 Å². The van der Waals surface area contributed by atoms with Gasteiger partial charge in [-0.25, -0.2) is 19.9 Å². The quantitative estimate of drug-likeness (QED) is 0.670. The monoisotopic (exact) mass is 429 g/mol. The van der Waals surface area contributed by atoms with Crippen molar-refractivity contribution >= 4 is 29.1 Å². The first-order valence-electron chi connectivity index (χ1n) is 10.3. The summed E-state index contributed by atoms with van der Waals surface area (Å²) in [7, 11) is 0. The molecular formula is C20H24ClN7O2. The van der Waals surface area contributed by atoms with E-state index in [9.17, 15) is 4.79 Å². The summed E-state index contributed by atoms with van der Waals surface area (Å²) >= 11 is 6.13. The van der Waals surface area contributed by atoms with Gasteiger partial charge < -0.3 is 20.7 Å². The number of hydrogen-bond acceptors (Lipinski definition) is 8. The van der Waals surface area contributed by atoms with Gasteiger partial charge >= 0.3 is 0 Å². The van der Waals surface area contributed by atoms with E-state index in [4.69, 9.17) is 22.1 Å². The normalized spacial score (nSPS) is 25.2. The Bertz CT molecular complexity index is 947. The number of rotatable bonds is 6. The molecule has 158 valence electrons. The maximum absolute atomic E-state index is 12.6. The molecule has 4 fully saturated rings. The van der Waals surface area contributed by atoms with Gasteiger partial charge in [-0.3, -0.25) is 4.79 Å². The average molecular weight is 430 g/mol. The number of halogens is 1. The van der Waals surface area contributed by atoms with Crippen LogP contribution in [0.3, 0.4) is 0 Å². The third-order valence-corrected chi connectivity index (χ3v) is 6.62. The van der Waals surface area contributed by atoms with Crippen LogP contribution in [0.15, 0.2) is 18.6 Å². The highest BCUT2D eigenvalue weighted by molar-refractivity contribution is 6.28. The Hall–Kier alpha value is -2.68. The van der Waals surface area contributed by atoms with Crippen LogP contribution in [0.1, 0.15) is 42.6 Å². The smallest absolute Gasteiger partial charge is 0.270 e. The number of ether oxygens (including phenoxy) is 1. The predicted octanol–water partition coefficient (Wildman–Crippen LogP) is 2.08. The van der Waals surface area contributed by atoms with Crippen LogP contribution in [0.4, 0.5) is 11.6 Å². The zero-order valence-corrected chi connectivity index (χ0v) is 17.3. The van der Waals surface area contributed by atoms with E-state index in [1.54, 1.807) is 12.3 Å². The predicted molar refractivity (Wildman–Crippen MR) is 111 cm³/mol. The lowest BCUT2D eigenvalue weighted by Crippen LogP contribution is -2.68. The van der Waals surface area contributed by atoms with Crippen LogP contribution in [0, 0.1) is 11.8 Å². The summed E-state index contributed by atoms with van der Waals surface area (Å²) in [6.45, 7) is 2.16. The van der Waals surface area contributed by atoms with Gasteiger partial charge in [-0.15, -0.1) is 0 Å². The van der Waals surface area contributed by atoms with E-state index >= 15 is 0 Å². The molecule has 2 bridgehead atoms. The van der Waals surface area contributed by atoms with Crippen molar-refractivity contribution in [3.63, 3.8) is 0 Å². The van der Waals surface area contributed by atoms with Gasteiger partial charge in [-0.1, -0.05) is 0 Å². The summed E-state index contributed by atoms with van der Waals surface area (Å²) in [4.78, 5) is 31.2. The van der Waals surface area contributed by atoms with Gasteiger partial charge in [-0.05, 0) is 55.5 Å². The van der Waals surface area contributed by atoms with Crippen molar-refractivity contribution in [1.82, 2.24) is 25.3 Å². The van der Waals surface area contributed by atoms with Gasteiger partial charge in [0.15, 0.2) is 11.6 Å². The molecule has 3 aliphatic carbocycles. The number of anilines is 2. The first-order valence-corrected chi connectivity index (χ1v) is 10.7. The van der Waals surface area contributed by atoms with Crippen LogP contribution in [0.2, 0.25) is 5.28 Å². The van der Waals surface area contributed by atoms with E-state index < -0.39 is 0 Å². The third-order valence-electron chi connectivity index (χ3n) is 6.46. The lowest BCUT2D eigenvalue weighted by molar-refractivity contribution is -0.0439. The molecule has 1 amide bonds. The van der Waals surface area contributed by atoms with E-state index in [0.717, 1.165) is 51.1 Å². The number of amides is 1. The standard InChI is InChI=1S/C20H24ClN7O2/c21-19-25-14(18(29)27-20-6-13(7-20)8-20)5-16(26-19)28-3-1-12(2-4-28)10-30-15-9-23-11-24-17(15)22/h5,9,11-13H,1-4,6-8,10H2,(H,27,29)(H2,22,23,24). The van der Waals surface area contributed by atoms with E-state index in [1.807, 2.05) is 0 Å². The fourth-order valence-corrected chi connectivity index (χ4v) is 4.77. The van der Waals surface area contributed by atoms with Crippen LogP contribution < -0.4 is 20.7 Å². The number of carbonyl (C=O) groups is 1. The molecule has 30 heavy (non-hydrogen) atoms. The number of aromatic nitrogens is 4. The number of nitrogens with zero attached hydrogens (tertiary/aromatic N) is 5. The number of carbonyl (C=O) groups excluding carboxylic acids is 1. The number of piperidine rings is 1. The summed E-state index contributed by atoms with van der Waals surface area (Å²) in [6, 6.07) is 1.74. The summed E-state index contributed by atoms with van der Waals surface area (Å²) in [5.74, 6) is 2.59. The minimum Gasteiger partial charge on any atom is -0.488 e. The van der Waals surface area contributed by atoms with Crippen molar-refractivity contribution in [1.29, 1.82) is 0 Å². The number of nitrogens with two attached hydrogens (primary N) is 1. The van der Waals surface area contributed by atoms with Gasteiger partial charge in [-0.2, -0.15) is 0 Å². The highest BCUT2D eigenvalue weighted by Crippen LogP contribution is 2.57. The summed E-state index contributed by atoms with van der Waals surface area (Å²) < 4.78 is 5.79. The highest BCUT2D eigenvalue weighted by Gasteiger charge is 2.57. The van der Waals surface area contributed by atoms with Crippen molar-refractivity contribution in [2.24, 2.45) is 11.8 Å². The Morgan fingerprint density at radius 1 is 1.30 bits per heavy atom. The van der Waals surface area contributed by atoms with Crippen molar-refractivity contribution < 1.29 is 9.53 Å². The molecule has 3 saturated carbocycles. The van der Waals surface area contributed by atoms with Crippen LogP contribution in [-0.2, 0) is 0 Å². The molecule has 2 aromatic heterocycles. The molecule has 9 nitrogen and oxygen atoms in total. The SMILES string of the molecule is Nc1ncncc1OCC1CCN(c2cc(C(=O)NC34CC(C3)C4)nc(Cl)n2)CC1. The molecule has 1 saturated heterocycles. The van der Waals surface area contributed by atoms with E-state index in [-0.39, 0.29) is 16.7 Å². The second-order valence-electron chi connectivity index (χ2n) is 8.61. The van der Waals surface area contributed by atoms with Crippen molar-refractivity contribution in [3.05, 3.63) is 29.6 Å². The Morgan fingerprint density at radius 3 is 2.73 bits per heavy atom. The zero-order valence-electron chi connectivity index (χ0n) is 16.6. The molecule has 3 heterocycles. The molecule has 0 radical (unpaired) electrons. The molecule has 2 aromatic rings. The molecule has 4 aliphatic rings. The number of nitrogens with one attached hydrogen (secondary N) is 1. The van der Waals surface area contributed by atoms with E-state index in [0.29, 0.717) is 35.6 Å². The van der Waals surface area contributed by atoms with Crippen molar-refractivity contribution in [2.45, 2.75) is 37.6 Å². The first-order chi connectivity index (χ1) is 14.5. The second kappa shape index (κ2) is 7.54. The van der Waals surface area contributed by atoms with E-state index in [2.05, 4.69) is 30.2 Å². The van der Waals surface area contributed by atoms with Gasteiger partial charge in [0, 0.05) is 24.7 Å². The molecular weight excluding hydrogens is 406 g/mol. The lowest BCUT2D eigenvalue weighted by Gasteiger charge is -2.61. The fraction of sp³-hybridized carbons (Fsp3) is 0.550. The molecule has 0 unspecified atom stereocenters. The summed E-state index contributed by atoms with van der Waals surface area (Å²) in [5, 5.41) is 3.23. The van der Waals surface area contributed by atoms with Crippen molar-refractivity contribution in [2.75, 3.05) is 30.3 Å². The largest absolute Gasteiger partial charge is 0.488 e. The molecule has 1 aliphatic heterocycles. The average Bonchev–Trinajstić information content (AvgIpc) is 2.69. The molecule has 0 aromatic carbocycles. The lowest BCUT2D eigenvalue weighted by atomic mass is 9.50. The van der Waals surface area contributed by atoms with Crippen LogP contribution in [0.25, 0.3) is 0 Å². The zero-order chi connectivity index (χ0) is 20.7. The molecule has 3 N–H and O–H groups in total. The second-order valence-corrected chi connectivity index (χ2v) is 8.94. The number of hydrogen-bond donors (Lipinski definition) is 2. The van der Waals surface area contributed by atoms with Crippen molar-refractivity contribution in [3.8, 4) is 5.75 Å². The third kappa shape index (κ3) is 3.74. The van der Waals surface area contributed by atoms with Gasteiger partial charge in [0.1, 0.15) is 17.8 Å². The molecule has 0 atom stereocenters. The Balaban J connectivity index is 1.18. The Kier molecular flexibility index (Phi) is 4.85. The fourth-order valence-electron chi connectivity index (χ4n) is 4.59. The Labute approximate surface area is 179 Å². The Morgan fingerprint density at radius 2 is 2.07 bits per heavy atom. The van der Waals surface area contributed by atoms with Gasteiger partial charge in [0.25, 0.3) is 5.91 Å². The maximum Gasteiger partial charge on any atom is 0.270 e. The maximum atomic E-state index is 12.6. The van der Waals surface area contributed by atoms with Gasteiger partial charge in [0.05, 0.1) is 12.8 Å². The molecule has 6 rings (SSSR count). The minimum atomic E-state index is -0.162. The summed E-state index contributed by atoms with van der Waals surface area (Å²) in [5.41, 5.74) is 6.13. The molecule has 10 heteroatoms.